The summed E-state index contributed by atoms with van der Waals surface area (Å²) in [5, 5.41) is 17.2. The van der Waals surface area contributed by atoms with E-state index < -0.39 is 4.92 Å². The van der Waals surface area contributed by atoms with Crippen LogP contribution in [0.15, 0.2) is 30.6 Å². The Bertz CT molecular complexity index is 663. The number of aryl methyl sites for hydroxylation is 1. The van der Waals surface area contributed by atoms with E-state index in [1.165, 1.54) is 6.33 Å². The van der Waals surface area contributed by atoms with E-state index in [1.54, 1.807) is 7.11 Å². The molecule has 0 bridgehead atoms. The molecule has 0 amide bonds. The van der Waals surface area contributed by atoms with Crippen molar-refractivity contribution in [3.63, 3.8) is 0 Å². The number of rotatable bonds is 7. The minimum absolute atomic E-state index is 0.147. The molecule has 0 aliphatic heterocycles. The van der Waals surface area contributed by atoms with Crippen LogP contribution in [0, 0.1) is 17.0 Å². The van der Waals surface area contributed by atoms with Crippen LogP contribution in [0.4, 0.5) is 23.0 Å². The highest BCUT2D eigenvalue weighted by Crippen LogP contribution is 2.31. The van der Waals surface area contributed by atoms with E-state index in [0.717, 1.165) is 11.3 Å². The Kier molecular flexibility index (Phi) is 5.21. The molecule has 0 radical (unpaired) electrons. The lowest BCUT2D eigenvalue weighted by atomic mass is 10.2. The van der Waals surface area contributed by atoms with Crippen molar-refractivity contribution in [1.82, 2.24) is 9.97 Å². The first-order valence-corrected chi connectivity index (χ1v) is 6.68. The van der Waals surface area contributed by atoms with Crippen molar-refractivity contribution in [2.75, 3.05) is 30.9 Å². The van der Waals surface area contributed by atoms with Crippen LogP contribution >= 0.6 is 0 Å². The fourth-order valence-electron chi connectivity index (χ4n) is 1.88. The number of para-hydroxylation sites is 1. The van der Waals surface area contributed by atoms with Crippen molar-refractivity contribution in [1.29, 1.82) is 0 Å². The third-order valence-corrected chi connectivity index (χ3v) is 3.00. The molecule has 0 aliphatic rings. The normalized spacial score (nSPS) is 10.3. The molecular weight excluding hydrogens is 286 g/mol. The van der Waals surface area contributed by atoms with Gasteiger partial charge in [-0.05, 0) is 18.6 Å². The number of methoxy groups -OCH3 is 1. The van der Waals surface area contributed by atoms with Gasteiger partial charge in [0.05, 0.1) is 11.5 Å². The van der Waals surface area contributed by atoms with Crippen LogP contribution < -0.4 is 10.6 Å². The molecule has 1 heterocycles. The average molecular weight is 303 g/mol. The quantitative estimate of drug-likeness (QED) is 0.460. The molecule has 8 nitrogen and oxygen atoms in total. The molecule has 0 unspecified atom stereocenters. The van der Waals surface area contributed by atoms with E-state index in [2.05, 4.69) is 20.6 Å². The molecule has 8 heteroatoms. The average Bonchev–Trinajstić information content (AvgIpc) is 2.50. The van der Waals surface area contributed by atoms with Crippen LogP contribution in [0.1, 0.15) is 5.56 Å². The molecule has 22 heavy (non-hydrogen) atoms. The van der Waals surface area contributed by atoms with Gasteiger partial charge in [0.1, 0.15) is 6.33 Å². The SMILES string of the molecule is COCCNc1ncnc(Nc2ccccc2C)c1[N+](=O)[O-]. The molecule has 0 aliphatic carbocycles. The molecule has 0 saturated heterocycles. The topological polar surface area (TPSA) is 102 Å². The highest BCUT2D eigenvalue weighted by atomic mass is 16.6. The third-order valence-electron chi connectivity index (χ3n) is 3.00. The molecular formula is C14H17N5O3. The van der Waals surface area contributed by atoms with Gasteiger partial charge < -0.3 is 15.4 Å². The Morgan fingerprint density at radius 3 is 2.68 bits per heavy atom. The summed E-state index contributed by atoms with van der Waals surface area (Å²) in [6, 6.07) is 7.49. The molecule has 116 valence electrons. The van der Waals surface area contributed by atoms with E-state index in [9.17, 15) is 10.1 Å². The number of hydrogen-bond donors (Lipinski definition) is 2. The summed E-state index contributed by atoms with van der Waals surface area (Å²) in [4.78, 5) is 18.8. The van der Waals surface area contributed by atoms with Gasteiger partial charge in [0.25, 0.3) is 0 Å². The number of benzene rings is 1. The molecule has 0 fully saturated rings. The Morgan fingerprint density at radius 2 is 2.00 bits per heavy atom. The van der Waals surface area contributed by atoms with E-state index in [-0.39, 0.29) is 17.3 Å². The molecule has 2 rings (SSSR count). The zero-order valence-corrected chi connectivity index (χ0v) is 12.4. The highest BCUT2D eigenvalue weighted by molar-refractivity contribution is 5.74. The summed E-state index contributed by atoms with van der Waals surface area (Å²) < 4.78 is 4.91. The summed E-state index contributed by atoms with van der Waals surface area (Å²) in [6.45, 7) is 2.74. The Labute approximate surface area is 127 Å². The molecule has 0 spiro atoms. The molecule has 0 saturated carbocycles. The lowest BCUT2D eigenvalue weighted by Crippen LogP contribution is -2.12. The van der Waals surface area contributed by atoms with Crippen LogP contribution in [-0.2, 0) is 4.74 Å². The van der Waals surface area contributed by atoms with Gasteiger partial charge in [-0.3, -0.25) is 10.1 Å². The number of nitro groups is 1. The smallest absolute Gasteiger partial charge is 0.353 e. The summed E-state index contributed by atoms with van der Waals surface area (Å²) in [6.07, 6.45) is 1.28. The fraction of sp³-hybridized carbons (Fsp3) is 0.286. The van der Waals surface area contributed by atoms with Gasteiger partial charge in [-0.15, -0.1) is 0 Å². The van der Waals surface area contributed by atoms with Gasteiger partial charge in [0.2, 0.25) is 11.6 Å². The lowest BCUT2D eigenvalue weighted by Gasteiger charge is -2.11. The standard InChI is InChI=1S/C14H17N5O3/c1-10-5-3-4-6-11(10)18-14-12(19(20)21)13(16-9-17-14)15-7-8-22-2/h3-6,9H,7-8H2,1-2H3,(H2,15,16,17,18). The predicted molar refractivity (Wildman–Crippen MR) is 83.5 cm³/mol. The molecule has 1 aromatic carbocycles. The van der Waals surface area contributed by atoms with Crippen molar-refractivity contribution in [3.8, 4) is 0 Å². The number of nitrogens with zero attached hydrogens (tertiary/aromatic N) is 3. The zero-order valence-electron chi connectivity index (χ0n) is 12.4. The lowest BCUT2D eigenvalue weighted by molar-refractivity contribution is -0.383. The minimum atomic E-state index is -0.504. The van der Waals surface area contributed by atoms with E-state index >= 15 is 0 Å². The molecule has 2 N–H and O–H groups in total. The number of ether oxygens (including phenoxy) is 1. The third kappa shape index (κ3) is 3.67. The molecule has 0 atom stereocenters. The molecule has 1 aromatic heterocycles. The minimum Gasteiger partial charge on any atom is -0.383 e. The van der Waals surface area contributed by atoms with Gasteiger partial charge >= 0.3 is 5.69 Å². The van der Waals surface area contributed by atoms with Crippen molar-refractivity contribution in [3.05, 3.63) is 46.3 Å². The van der Waals surface area contributed by atoms with Gasteiger partial charge in [0, 0.05) is 19.3 Å². The first-order valence-electron chi connectivity index (χ1n) is 6.68. The van der Waals surface area contributed by atoms with Gasteiger partial charge in [0.15, 0.2) is 0 Å². The monoisotopic (exact) mass is 303 g/mol. The van der Waals surface area contributed by atoms with Crippen LogP contribution in [0.25, 0.3) is 0 Å². The van der Waals surface area contributed by atoms with Crippen molar-refractivity contribution in [2.45, 2.75) is 6.92 Å². The second-order valence-corrected chi connectivity index (χ2v) is 4.54. The number of nitrogens with one attached hydrogen (secondary N) is 2. The van der Waals surface area contributed by atoms with Crippen LogP contribution in [0.2, 0.25) is 0 Å². The highest BCUT2D eigenvalue weighted by Gasteiger charge is 2.23. The number of aromatic nitrogens is 2. The fourth-order valence-corrected chi connectivity index (χ4v) is 1.88. The summed E-state index contributed by atoms with van der Waals surface area (Å²) in [5.41, 5.74) is 1.53. The largest absolute Gasteiger partial charge is 0.383 e. The van der Waals surface area contributed by atoms with Crippen LogP contribution in [-0.4, -0.2) is 35.2 Å². The van der Waals surface area contributed by atoms with Gasteiger partial charge in [-0.25, -0.2) is 9.97 Å². The summed E-state index contributed by atoms with van der Waals surface area (Å²) in [7, 11) is 1.56. The van der Waals surface area contributed by atoms with Crippen molar-refractivity contribution < 1.29 is 9.66 Å². The Balaban J connectivity index is 2.32. The van der Waals surface area contributed by atoms with Crippen molar-refractivity contribution in [2.24, 2.45) is 0 Å². The number of hydrogen-bond acceptors (Lipinski definition) is 7. The van der Waals surface area contributed by atoms with E-state index in [1.807, 2.05) is 31.2 Å². The van der Waals surface area contributed by atoms with Gasteiger partial charge in [-0.1, -0.05) is 18.2 Å². The predicted octanol–water partition coefficient (Wildman–Crippen LogP) is 2.50. The Hall–Kier alpha value is -2.74. The second-order valence-electron chi connectivity index (χ2n) is 4.54. The number of anilines is 3. The summed E-state index contributed by atoms with van der Waals surface area (Å²) in [5.74, 6) is 0.308. The van der Waals surface area contributed by atoms with Crippen LogP contribution in [0.5, 0.6) is 0 Å². The van der Waals surface area contributed by atoms with Crippen molar-refractivity contribution >= 4 is 23.0 Å². The zero-order chi connectivity index (χ0) is 15.9. The van der Waals surface area contributed by atoms with Gasteiger partial charge in [-0.2, -0.15) is 0 Å². The van der Waals surface area contributed by atoms with Crippen LogP contribution in [0.3, 0.4) is 0 Å². The second kappa shape index (κ2) is 7.32. The Morgan fingerprint density at radius 1 is 1.27 bits per heavy atom. The maximum Gasteiger partial charge on any atom is 0.353 e. The molecule has 2 aromatic rings. The van der Waals surface area contributed by atoms with E-state index in [0.29, 0.717) is 13.2 Å². The first-order chi connectivity index (χ1) is 10.6. The van der Waals surface area contributed by atoms with E-state index in [4.69, 9.17) is 4.74 Å². The maximum absolute atomic E-state index is 11.4. The maximum atomic E-state index is 11.4. The summed E-state index contributed by atoms with van der Waals surface area (Å²) >= 11 is 0. The first kappa shape index (κ1) is 15.6.